The van der Waals surface area contributed by atoms with Crippen molar-refractivity contribution in [3.8, 4) is 0 Å². The Balaban J connectivity index is 2.56. The number of carbonyl (C=O) groups excluding carboxylic acids is 1. The molecule has 5 nitrogen and oxygen atoms in total. The first-order valence-corrected chi connectivity index (χ1v) is 8.14. The molecule has 6 heteroatoms. The van der Waals surface area contributed by atoms with Gasteiger partial charge in [0.25, 0.3) is 0 Å². The predicted octanol–water partition coefficient (Wildman–Crippen LogP) is 1.98. The maximum absolute atomic E-state index is 12.0. The van der Waals surface area contributed by atoms with Gasteiger partial charge >= 0.3 is 0 Å². The van der Waals surface area contributed by atoms with Gasteiger partial charge < -0.3 is 4.74 Å². The molecule has 0 aliphatic rings. The molecule has 0 bridgehead atoms. The predicted molar refractivity (Wildman–Crippen MR) is 77.4 cm³/mol. The maximum Gasteiger partial charge on any atom is 0.240 e. The average molecular weight is 299 g/mol. The van der Waals surface area contributed by atoms with Gasteiger partial charge in [-0.25, -0.2) is 13.1 Å². The van der Waals surface area contributed by atoms with Crippen LogP contribution in [0.25, 0.3) is 0 Å². The zero-order valence-corrected chi connectivity index (χ0v) is 12.7. The highest BCUT2D eigenvalue weighted by molar-refractivity contribution is 7.89. The Morgan fingerprint density at radius 3 is 2.70 bits per heavy atom. The Labute approximate surface area is 120 Å². The molecule has 0 atom stereocenters. The van der Waals surface area contributed by atoms with E-state index in [1.54, 1.807) is 12.1 Å². The lowest BCUT2D eigenvalue weighted by molar-refractivity contribution is 0.101. The number of benzene rings is 1. The summed E-state index contributed by atoms with van der Waals surface area (Å²) in [4.78, 5) is 11.3. The lowest BCUT2D eigenvalue weighted by Gasteiger charge is -2.08. The summed E-state index contributed by atoms with van der Waals surface area (Å²) in [6, 6.07) is 5.99. The Morgan fingerprint density at radius 1 is 1.30 bits per heavy atom. The van der Waals surface area contributed by atoms with Gasteiger partial charge in [-0.05, 0) is 25.5 Å². The summed E-state index contributed by atoms with van der Waals surface area (Å²) < 4.78 is 31.8. The molecular formula is C14H21NO4S. The van der Waals surface area contributed by atoms with Gasteiger partial charge in [0.2, 0.25) is 10.0 Å². The van der Waals surface area contributed by atoms with Crippen LogP contribution in [-0.4, -0.2) is 34.0 Å². The van der Waals surface area contributed by atoms with Gasteiger partial charge in [-0.3, -0.25) is 4.79 Å². The first-order chi connectivity index (χ1) is 9.47. The van der Waals surface area contributed by atoms with Crippen LogP contribution in [0.4, 0.5) is 0 Å². The quantitative estimate of drug-likeness (QED) is 0.559. The molecule has 0 saturated heterocycles. The van der Waals surface area contributed by atoms with Crippen LogP contribution in [0.5, 0.6) is 0 Å². The number of carbonyl (C=O) groups is 1. The van der Waals surface area contributed by atoms with Crippen LogP contribution in [-0.2, 0) is 14.8 Å². The summed E-state index contributed by atoms with van der Waals surface area (Å²) in [5.74, 6) is -0.162. The SMILES string of the molecule is CCCCOCCNS(=O)(=O)c1cccc(C(C)=O)c1. The third-order valence-electron chi connectivity index (χ3n) is 2.73. The molecule has 0 fully saturated rings. The number of unbranched alkanes of at least 4 members (excludes halogenated alkanes) is 1. The number of nitrogens with one attached hydrogen (secondary N) is 1. The van der Waals surface area contributed by atoms with Crippen molar-refractivity contribution in [3.63, 3.8) is 0 Å². The van der Waals surface area contributed by atoms with Crippen LogP contribution in [0.1, 0.15) is 37.0 Å². The number of ketones is 1. The molecule has 0 unspecified atom stereocenters. The van der Waals surface area contributed by atoms with Gasteiger partial charge in [0.1, 0.15) is 0 Å². The van der Waals surface area contributed by atoms with Crippen LogP contribution in [0.3, 0.4) is 0 Å². The lowest BCUT2D eigenvalue weighted by Crippen LogP contribution is -2.27. The molecule has 112 valence electrons. The highest BCUT2D eigenvalue weighted by atomic mass is 32.2. The molecular weight excluding hydrogens is 278 g/mol. The molecule has 1 N–H and O–H groups in total. The molecule has 0 spiro atoms. The average Bonchev–Trinajstić information content (AvgIpc) is 2.43. The molecule has 0 aliphatic heterocycles. The first kappa shape index (κ1) is 16.8. The van der Waals surface area contributed by atoms with Crippen molar-refractivity contribution in [3.05, 3.63) is 29.8 Å². The van der Waals surface area contributed by atoms with Crippen LogP contribution in [0.15, 0.2) is 29.2 Å². The second kappa shape index (κ2) is 8.14. The molecule has 0 saturated carbocycles. The van der Waals surface area contributed by atoms with Crippen LogP contribution in [0.2, 0.25) is 0 Å². The van der Waals surface area contributed by atoms with Crippen molar-refractivity contribution in [1.29, 1.82) is 0 Å². The van der Waals surface area contributed by atoms with Gasteiger partial charge in [0.05, 0.1) is 11.5 Å². The highest BCUT2D eigenvalue weighted by Gasteiger charge is 2.14. The Hall–Kier alpha value is -1.24. The molecule has 0 aromatic heterocycles. The fourth-order valence-electron chi connectivity index (χ4n) is 1.56. The van der Waals surface area contributed by atoms with Crippen molar-refractivity contribution in [2.75, 3.05) is 19.8 Å². The summed E-state index contributed by atoms with van der Waals surface area (Å²) in [6.07, 6.45) is 2.01. The third kappa shape index (κ3) is 5.40. The van der Waals surface area contributed by atoms with E-state index in [2.05, 4.69) is 11.6 Å². The monoisotopic (exact) mass is 299 g/mol. The third-order valence-corrected chi connectivity index (χ3v) is 4.19. The van der Waals surface area contributed by atoms with E-state index in [9.17, 15) is 13.2 Å². The number of sulfonamides is 1. The van der Waals surface area contributed by atoms with Crippen LogP contribution >= 0.6 is 0 Å². The minimum absolute atomic E-state index is 0.0961. The molecule has 1 aromatic carbocycles. The van der Waals surface area contributed by atoms with Crippen LogP contribution in [0, 0.1) is 0 Å². The highest BCUT2D eigenvalue weighted by Crippen LogP contribution is 2.11. The van der Waals surface area contributed by atoms with Crippen molar-refractivity contribution >= 4 is 15.8 Å². The van der Waals surface area contributed by atoms with Crippen molar-refractivity contribution in [2.24, 2.45) is 0 Å². The van der Waals surface area contributed by atoms with E-state index in [-0.39, 0.29) is 17.2 Å². The molecule has 1 aromatic rings. The number of hydrogen-bond donors (Lipinski definition) is 1. The first-order valence-electron chi connectivity index (χ1n) is 6.66. The van der Waals surface area contributed by atoms with Gasteiger partial charge in [-0.1, -0.05) is 25.5 Å². The van der Waals surface area contributed by atoms with Gasteiger partial charge in [-0.15, -0.1) is 0 Å². The largest absolute Gasteiger partial charge is 0.380 e. The summed E-state index contributed by atoms with van der Waals surface area (Å²) in [5.41, 5.74) is 0.382. The normalized spacial score (nSPS) is 11.5. The minimum atomic E-state index is -3.59. The number of rotatable bonds is 9. The maximum atomic E-state index is 12.0. The smallest absolute Gasteiger partial charge is 0.240 e. The molecule has 0 radical (unpaired) electrons. The molecule has 0 amide bonds. The second-order valence-electron chi connectivity index (χ2n) is 4.45. The van der Waals surface area contributed by atoms with E-state index in [0.29, 0.717) is 18.8 Å². The van der Waals surface area contributed by atoms with E-state index in [1.165, 1.54) is 19.1 Å². The van der Waals surface area contributed by atoms with Crippen molar-refractivity contribution in [2.45, 2.75) is 31.6 Å². The molecule has 1 rings (SSSR count). The van der Waals surface area contributed by atoms with Crippen molar-refractivity contribution < 1.29 is 17.9 Å². The van der Waals surface area contributed by atoms with E-state index < -0.39 is 10.0 Å². The lowest BCUT2D eigenvalue weighted by atomic mass is 10.2. The molecule has 0 aliphatic carbocycles. The molecule has 20 heavy (non-hydrogen) atoms. The summed E-state index contributed by atoms with van der Waals surface area (Å²) in [6.45, 7) is 4.66. The van der Waals surface area contributed by atoms with Gasteiger partial charge in [0.15, 0.2) is 5.78 Å². The standard InChI is InChI=1S/C14H21NO4S/c1-3-4-9-19-10-8-15-20(17,18)14-7-5-6-13(11-14)12(2)16/h5-7,11,15H,3-4,8-10H2,1-2H3. The number of ether oxygens (including phenoxy) is 1. The van der Waals surface area contributed by atoms with E-state index >= 15 is 0 Å². The van der Waals surface area contributed by atoms with Gasteiger partial charge in [0, 0.05) is 18.7 Å². The van der Waals surface area contributed by atoms with Gasteiger partial charge in [-0.2, -0.15) is 0 Å². The summed E-state index contributed by atoms with van der Waals surface area (Å²) in [7, 11) is -3.59. The zero-order valence-electron chi connectivity index (χ0n) is 11.9. The minimum Gasteiger partial charge on any atom is -0.380 e. The zero-order chi connectivity index (χ0) is 15.0. The number of Topliss-reactive ketones (excluding diaryl/α,β-unsaturated/α-hetero) is 1. The van der Waals surface area contributed by atoms with E-state index in [0.717, 1.165) is 12.8 Å². The Bertz CT molecular complexity index is 540. The number of hydrogen-bond acceptors (Lipinski definition) is 4. The van der Waals surface area contributed by atoms with Crippen LogP contribution < -0.4 is 4.72 Å². The van der Waals surface area contributed by atoms with E-state index in [1.807, 2.05) is 0 Å². The summed E-state index contributed by atoms with van der Waals surface area (Å²) >= 11 is 0. The Kier molecular flexibility index (Phi) is 6.84. The van der Waals surface area contributed by atoms with Crippen molar-refractivity contribution in [1.82, 2.24) is 4.72 Å². The molecule has 0 heterocycles. The fourth-order valence-corrected chi connectivity index (χ4v) is 2.62. The fraction of sp³-hybridized carbons (Fsp3) is 0.500. The Morgan fingerprint density at radius 2 is 2.05 bits per heavy atom. The topological polar surface area (TPSA) is 72.5 Å². The van der Waals surface area contributed by atoms with E-state index in [4.69, 9.17) is 4.74 Å². The second-order valence-corrected chi connectivity index (χ2v) is 6.21. The summed E-state index contributed by atoms with van der Waals surface area (Å²) in [5, 5.41) is 0.